The highest BCUT2D eigenvalue weighted by atomic mass is 16.1. The summed E-state index contributed by atoms with van der Waals surface area (Å²) in [5.41, 5.74) is 13.7. The van der Waals surface area contributed by atoms with E-state index < -0.39 is 11.5 Å². The van der Waals surface area contributed by atoms with Gasteiger partial charge in [-0.3, -0.25) is 10.1 Å². The van der Waals surface area contributed by atoms with Crippen molar-refractivity contribution in [2.24, 2.45) is 15.4 Å². The lowest BCUT2D eigenvalue weighted by Gasteiger charge is -2.21. The Bertz CT molecular complexity index is 2350. The van der Waals surface area contributed by atoms with Crippen LogP contribution in [0.25, 0.3) is 16.7 Å². The summed E-state index contributed by atoms with van der Waals surface area (Å²) in [5.74, 6) is 0.142. The second-order valence-corrected chi connectivity index (χ2v) is 14.3. The number of H-pyrrole nitrogens is 1. The summed E-state index contributed by atoms with van der Waals surface area (Å²) < 4.78 is 0. The molecule has 8 rings (SSSR count). The monoisotopic (exact) mass is 640 g/mol. The molecule has 2 unspecified atom stereocenters. The first-order chi connectivity index (χ1) is 23.6. The van der Waals surface area contributed by atoms with Gasteiger partial charge in [0, 0.05) is 38.9 Å². The number of carbonyl (C=O) groups excluding carboxylic acids is 1. The van der Waals surface area contributed by atoms with Crippen LogP contribution in [0.2, 0.25) is 0 Å². The van der Waals surface area contributed by atoms with E-state index in [4.69, 9.17) is 9.98 Å². The molecule has 242 valence electrons. The molecule has 0 aliphatic carbocycles. The number of hydrogen-bond acceptors (Lipinski definition) is 4. The van der Waals surface area contributed by atoms with Gasteiger partial charge in [-0.15, -0.1) is 0 Å². The zero-order valence-corrected chi connectivity index (χ0v) is 28.8. The lowest BCUT2D eigenvalue weighted by molar-refractivity contribution is -0.124. The van der Waals surface area contributed by atoms with Gasteiger partial charge in [0.15, 0.2) is 5.78 Å². The Hall–Kier alpha value is -5.39. The predicted octanol–water partition coefficient (Wildman–Crippen LogP) is 6.91. The highest BCUT2D eigenvalue weighted by Gasteiger charge is 2.49. The molecule has 4 aromatic rings. The summed E-state index contributed by atoms with van der Waals surface area (Å²) in [5, 5.41) is 5.69. The van der Waals surface area contributed by atoms with E-state index in [1.165, 1.54) is 22.3 Å². The second kappa shape index (κ2) is 11.6. The molecule has 1 saturated heterocycles. The third-order valence-electron chi connectivity index (χ3n) is 10.3. The van der Waals surface area contributed by atoms with E-state index in [1.807, 2.05) is 32.0 Å². The molecule has 0 saturated carbocycles. The minimum Gasteiger partial charge on any atom is -0.354 e. The molecule has 5 heterocycles. The number of aromatic nitrogens is 1. The van der Waals surface area contributed by atoms with E-state index >= 15 is 0 Å². The van der Waals surface area contributed by atoms with Crippen LogP contribution in [0, 0.1) is 33.1 Å². The lowest BCUT2D eigenvalue weighted by Crippen LogP contribution is -2.33. The Labute approximate surface area is 287 Å². The van der Waals surface area contributed by atoms with Crippen LogP contribution in [0.15, 0.2) is 131 Å². The smallest absolute Gasteiger partial charge is 0.161 e. The maximum Gasteiger partial charge on any atom is 0.161 e. The van der Waals surface area contributed by atoms with Crippen LogP contribution >= 0.6 is 0 Å². The van der Waals surface area contributed by atoms with Crippen molar-refractivity contribution in [2.75, 3.05) is 0 Å². The Balaban J connectivity index is 1.50. The van der Waals surface area contributed by atoms with Crippen molar-refractivity contribution < 1.29 is 4.79 Å². The third-order valence-corrected chi connectivity index (χ3v) is 10.3. The van der Waals surface area contributed by atoms with Crippen LogP contribution in [0.1, 0.15) is 52.8 Å². The summed E-state index contributed by atoms with van der Waals surface area (Å²) >= 11 is 0. The topological polar surface area (TPSA) is 69.6 Å². The number of aromatic amines is 1. The maximum atomic E-state index is 14.4. The average Bonchev–Trinajstić information content (AvgIpc) is 3.88. The number of allylic oxidation sites excluding steroid dienone is 4. The number of aryl methyl sites for hydroxylation is 4. The van der Waals surface area contributed by atoms with E-state index in [0.29, 0.717) is 0 Å². The first kappa shape index (κ1) is 30.9. The molecule has 1 aromatic heterocycles. The normalized spacial score (nSPS) is 25.8. The number of carbonyl (C=O) groups is 1. The Kier molecular flexibility index (Phi) is 7.34. The highest BCUT2D eigenvalue weighted by molar-refractivity contribution is 6.32. The van der Waals surface area contributed by atoms with Gasteiger partial charge in [0.2, 0.25) is 0 Å². The van der Waals surface area contributed by atoms with Gasteiger partial charge in [-0.1, -0.05) is 91.7 Å². The Morgan fingerprint density at radius 1 is 0.673 bits per heavy atom. The molecule has 1 fully saturated rings. The predicted molar refractivity (Wildman–Crippen MR) is 201 cm³/mol. The molecule has 5 heteroatoms. The molecule has 49 heavy (non-hydrogen) atoms. The quantitative estimate of drug-likeness (QED) is 0.256. The molecule has 3 aromatic carbocycles. The van der Waals surface area contributed by atoms with Crippen LogP contribution in [-0.4, -0.2) is 34.3 Å². The number of rotatable bonds is 3. The Morgan fingerprint density at radius 2 is 1.33 bits per heavy atom. The van der Waals surface area contributed by atoms with Crippen molar-refractivity contribution in [3.63, 3.8) is 0 Å². The van der Waals surface area contributed by atoms with Crippen LogP contribution in [0.4, 0.5) is 0 Å². The molecule has 0 amide bonds. The molecule has 8 bridgehead atoms. The highest BCUT2D eigenvalue weighted by Crippen LogP contribution is 2.40. The fourth-order valence-electron chi connectivity index (χ4n) is 7.80. The second-order valence-electron chi connectivity index (χ2n) is 14.3. The van der Waals surface area contributed by atoms with Gasteiger partial charge < -0.3 is 4.98 Å². The van der Waals surface area contributed by atoms with Crippen LogP contribution < -0.4 is 16.0 Å². The van der Waals surface area contributed by atoms with E-state index in [-0.39, 0.29) is 11.8 Å². The molecule has 4 aliphatic rings. The molecular formula is C44H40N4O. The van der Waals surface area contributed by atoms with Crippen LogP contribution in [-0.2, 0) is 4.79 Å². The number of benzene rings is 3. The van der Waals surface area contributed by atoms with Crippen molar-refractivity contribution in [2.45, 2.75) is 53.6 Å². The Morgan fingerprint density at radius 3 is 2.04 bits per heavy atom. The molecule has 2 atom stereocenters. The number of nitrogens with zero attached hydrogens (tertiary/aromatic N) is 2. The van der Waals surface area contributed by atoms with Crippen molar-refractivity contribution >= 4 is 33.9 Å². The first-order valence-corrected chi connectivity index (χ1v) is 17.0. The van der Waals surface area contributed by atoms with Crippen LogP contribution in [0.3, 0.4) is 0 Å². The summed E-state index contributed by atoms with van der Waals surface area (Å²) in [4.78, 5) is 28.8. The van der Waals surface area contributed by atoms with Gasteiger partial charge in [-0.2, -0.15) is 0 Å². The van der Waals surface area contributed by atoms with Crippen molar-refractivity contribution in [3.8, 4) is 0 Å². The van der Waals surface area contributed by atoms with E-state index in [9.17, 15) is 4.79 Å². The van der Waals surface area contributed by atoms with Gasteiger partial charge in [0.05, 0.1) is 28.9 Å². The summed E-state index contributed by atoms with van der Waals surface area (Å²) in [6.07, 6.45) is 10.4. The van der Waals surface area contributed by atoms with Crippen molar-refractivity contribution in [3.05, 3.63) is 170 Å². The van der Waals surface area contributed by atoms with Crippen molar-refractivity contribution in [1.29, 1.82) is 0 Å². The van der Waals surface area contributed by atoms with E-state index in [2.05, 4.69) is 129 Å². The number of hydrogen-bond donors (Lipinski definition) is 2. The molecule has 0 spiro atoms. The standard InChI is InChI=1S/C44H40N4O/c1-25-12-14-30(15-13-25)39-32-17-16-31(45-32)24-37-44(5,6)43(49)42(48-37)40(29-10-8-7-9-11-29)34-19-21-36(47-34)41(35-20-18-33(39)46-35)38-27(3)22-26(2)23-28(38)4/h7-24,37,42,46,48H,1-6H3/b31-24-,39-33-,40-34-,41-35+. The van der Waals surface area contributed by atoms with E-state index in [1.54, 1.807) is 0 Å². The lowest BCUT2D eigenvalue weighted by atomic mass is 9.80. The summed E-state index contributed by atoms with van der Waals surface area (Å²) in [6.45, 7) is 12.7. The molecule has 0 radical (unpaired) electrons. The summed E-state index contributed by atoms with van der Waals surface area (Å²) in [6, 6.07) is 26.8. The van der Waals surface area contributed by atoms with Gasteiger partial charge in [0.1, 0.15) is 0 Å². The number of nitrogens with one attached hydrogen (secondary N) is 2. The van der Waals surface area contributed by atoms with Gasteiger partial charge in [-0.25, -0.2) is 9.98 Å². The molecule has 2 N–H and O–H groups in total. The number of fused-ring (bicyclic) bond motifs is 6. The zero-order valence-electron chi connectivity index (χ0n) is 28.8. The SMILES string of the molecule is Cc1ccc(/C2=c3\cc/c([nH]3)=C(\c3c(C)cc(C)cc3C)C3=N/C(=C(/c4ccccc4)C4NC(/C=C5/C=CC2=N5)C(C)(C)C4=O)C=C3)cc1. The molecule has 5 nitrogen and oxygen atoms in total. The van der Waals surface area contributed by atoms with Gasteiger partial charge >= 0.3 is 0 Å². The number of aliphatic imine (C=N–C) groups is 2. The van der Waals surface area contributed by atoms with E-state index in [0.717, 1.165) is 66.9 Å². The fourth-order valence-corrected chi connectivity index (χ4v) is 7.80. The minimum atomic E-state index is -0.669. The fraction of sp³-hybridized carbons (Fsp3) is 0.205. The zero-order chi connectivity index (χ0) is 34.0. The molecular weight excluding hydrogens is 601 g/mol. The summed E-state index contributed by atoms with van der Waals surface area (Å²) in [7, 11) is 0. The third kappa shape index (κ3) is 5.26. The van der Waals surface area contributed by atoms with Crippen molar-refractivity contribution in [1.82, 2.24) is 10.3 Å². The average molecular weight is 641 g/mol. The maximum absolute atomic E-state index is 14.4. The minimum absolute atomic E-state index is 0.142. The largest absolute Gasteiger partial charge is 0.354 e. The number of ketones is 1. The molecule has 4 aliphatic heterocycles. The number of Topliss-reactive ketones (excluding diaryl/α,β-unsaturated/α-hetero) is 1. The van der Waals surface area contributed by atoms with Gasteiger partial charge in [-0.05, 0) is 98.0 Å². The van der Waals surface area contributed by atoms with Crippen LogP contribution in [0.5, 0.6) is 0 Å². The van der Waals surface area contributed by atoms with Gasteiger partial charge in [0.25, 0.3) is 0 Å². The first-order valence-electron chi connectivity index (χ1n) is 17.0.